The zero-order valence-corrected chi connectivity index (χ0v) is 22.7. The maximum atomic E-state index is 14.4. The highest BCUT2D eigenvalue weighted by molar-refractivity contribution is 6.10. The van der Waals surface area contributed by atoms with Crippen LogP contribution in [0.15, 0.2) is 78.9 Å². The Hall–Kier alpha value is -4.17. The summed E-state index contributed by atoms with van der Waals surface area (Å²) in [5, 5.41) is 3.57. The summed E-state index contributed by atoms with van der Waals surface area (Å²) in [5.74, 6) is -0.626. The van der Waals surface area contributed by atoms with Gasteiger partial charge in [0, 0.05) is 19.1 Å². The second kappa shape index (κ2) is 10.4. The summed E-state index contributed by atoms with van der Waals surface area (Å²) in [6, 6.07) is 24.2. The van der Waals surface area contributed by atoms with Crippen molar-refractivity contribution in [3.63, 3.8) is 0 Å². The summed E-state index contributed by atoms with van der Waals surface area (Å²) < 4.78 is 10.6. The third kappa shape index (κ3) is 4.32. The van der Waals surface area contributed by atoms with Gasteiger partial charge in [-0.2, -0.15) is 0 Å². The summed E-state index contributed by atoms with van der Waals surface area (Å²) in [7, 11) is 3.22. The molecule has 3 aliphatic heterocycles. The summed E-state index contributed by atoms with van der Waals surface area (Å²) in [6.45, 7) is 1.21. The van der Waals surface area contributed by atoms with Gasteiger partial charge in [0.25, 0.3) is 0 Å². The average molecular weight is 540 g/mol. The van der Waals surface area contributed by atoms with Crippen molar-refractivity contribution in [2.75, 3.05) is 20.8 Å². The molecule has 3 heterocycles. The molecule has 206 valence electrons. The molecule has 0 bridgehead atoms. The minimum absolute atomic E-state index is 0.122. The number of ether oxygens (including phenoxy) is 2. The van der Waals surface area contributed by atoms with Crippen LogP contribution in [-0.4, -0.2) is 53.8 Å². The molecule has 0 unspecified atom stereocenters. The molecule has 3 aliphatic rings. The number of imide groups is 1. The number of amides is 3. The number of piperidine rings is 1. The van der Waals surface area contributed by atoms with Crippen LogP contribution >= 0.6 is 0 Å². The number of fused-ring (bicyclic) bond motifs is 2. The monoisotopic (exact) mass is 539 g/mol. The van der Waals surface area contributed by atoms with Crippen molar-refractivity contribution in [1.82, 2.24) is 15.1 Å². The number of likely N-dealkylation sites (tertiary alicyclic amines) is 2. The largest absolute Gasteiger partial charge is 0.497 e. The topological polar surface area (TPSA) is 88.2 Å². The standard InChI is InChI=1S/C32H33N3O5/c1-39-24-13-9-22(10-14-24)19-34-18-6-17-32(31(34)38)27-26(28(33-32)23-11-15-25(40-2)16-12-23)29(36)35(30(27)37)20-21-7-4-3-5-8-21/h3-5,7-16,26-28,33H,6,17-20H2,1-2H3/t26-,27-,28-,32-/m1/s1. The number of carbonyl (C=O) groups excluding carboxylic acids is 3. The molecular formula is C32H33N3O5. The number of rotatable bonds is 7. The van der Waals surface area contributed by atoms with Crippen LogP contribution in [0.2, 0.25) is 0 Å². The van der Waals surface area contributed by atoms with Crippen LogP contribution in [0.1, 0.15) is 35.6 Å². The lowest BCUT2D eigenvalue weighted by Gasteiger charge is -2.42. The van der Waals surface area contributed by atoms with Crippen LogP contribution in [0.5, 0.6) is 11.5 Å². The van der Waals surface area contributed by atoms with E-state index in [4.69, 9.17) is 9.47 Å². The minimum atomic E-state index is -1.15. The maximum Gasteiger partial charge on any atom is 0.244 e. The molecule has 1 spiro atoms. The Bertz CT molecular complexity index is 1410. The van der Waals surface area contributed by atoms with Crippen molar-refractivity contribution in [2.45, 2.75) is 37.5 Å². The van der Waals surface area contributed by atoms with E-state index in [1.807, 2.05) is 83.8 Å². The first-order valence-corrected chi connectivity index (χ1v) is 13.7. The van der Waals surface area contributed by atoms with Gasteiger partial charge in [0.2, 0.25) is 17.7 Å². The van der Waals surface area contributed by atoms with Crippen LogP contribution in [0, 0.1) is 11.8 Å². The highest BCUT2D eigenvalue weighted by Crippen LogP contribution is 2.52. The average Bonchev–Trinajstić information content (AvgIpc) is 3.46. The predicted molar refractivity (Wildman–Crippen MR) is 148 cm³/mol. The number of hydrogen-bond donors (Lipinski definition) is 1. The van der Waals surface area contributed by atoms with Crippen LogP contribution in [0.4, 0.5) is 0 Å². The highest BCUT2D eigenvalue weighted by Gasteiger charge is 2.68. The first kappa shape index (κ1) is 26.1. The van der Waals surface area contributed by atoms with Gasteiger partial charge in [-0.05, 0) is 53.8 Å². The van der Waals surface area contributed by atoms with Crippen molar-refractivity contribution in [1.29, 1.82) is 0 Å². The van der Waals surface area contributed by atoms with E-state index in [2.05, 4.69) is 5.32 Å². The van der Waals surface area contributed by atoms with Gasteiger partial charge in [-0.1, -0.05) is 54.6 Å². The Balaban J connectivity index is 1.36. The van der Waals surface area contributed by atoms with Crippen molar-refractivity contribution in [3.8, 4) is 11.5 Å². The van der Waals surface area contributed by atoms with E-state index in [-0.39, 0.29) is 24.3 Å². The molecule has 3 saturated heterocycles. The fourth-order valence-electron chi connectivity index (χ4n) is 6.65. The molecule has 0 aromatic heterocycles. The molecule has 1 N–H and O–H groups in total. The zero-order valence-electron chi connectivity index (χ0n) is 22.7. The molecular weight excluding hydrogens is 506 g/mol. The number of hydrogen-bond acceptors (Lipinski definition) is 6. The van der Waals surface area contributed by atoms with Crippen LogP contribution in [0.3, 0.4) is 0 Å². The Labute approximate surface area is 233 Å². The van der Waals surface area contributed by atoms with Crippen LogP contribution < -0.4 is 14.8 Å². The first-order valence-electron chi connectivity index (χ1n) is 13.7. The van der Waals surface area contributed by atoms with Gasteiger partial charge in [-0.3, -0.25) is 24.6 Å². The van der Waals surface area contributed by atoms with Crippen molar-refractivity contribution >= 4 is 17.7 Å². The lowest BCUT2D eigenvalue weighted by molar-refractivity contribution is -0.150. The molecule has 8 nitrogen and oxygen atoms in total. The summed E-state index contributed by atoms with van der Waals surface area (Å²) in [6.07, 6.45) is 1.23. The van der Waals surface area contributed by atoms with Gasteiger partial charge in [-0.15, -0.1) is 0 Å². The SMILES string of the molecule is COc1ccc(CN2CCC[C@]3(N[C@H](c4ccc(OC)cc4)[C@@H]4C(=O)N(Cc5ccccc5)C(=O)[C@@H]43)C2=O)cc1. The number of carbonyl (C=O) groups is 3. The normalized spacial score (nSPS) is 25.9. The highest BCUT2D eigenvalue weighted by atomic mass is 16.5. The molecule has 3 aromatic carbocycles. The Morgan fingerprint density at radius 2 is 1.43 bits per heavy atom. The minimum Gasteiger partial charge on any atom is -0.497 e. The molecule has 0 saturated carbocycles. The van der Waals surface area contributed by atoms with E-state index >= 15 is 0 Å². The van der Waals surface area contributed by atoms with E-state index in [1.54, 1.807) is 14.2 Å². The second-order valence-electron chi connectivity index (χ2n) is 10.8. The molecule has 40 heavy (non-hydrogen) atoms. The Morgan fingerprint density at radius 3 is 2.08 bits per heavy atom. The molecule has 4 atom stereocenters. The van der Waals surface area contributed by atoms with Gasteiger partial charge in [0.05, 0.1) is 32.6 Å². The summed E-state index contributed by atoms with van der Waals surface area (Å²) in [5.41, 5.74) is 1.56. The van der Waals surface area contributed by atoms with Gasteiger partial charge in [0.1, 0.15) is 17.0 Å². The van der Waals surface area contributed by atoms with Gasteiger partial charge in [-0.25, -0.2) is 0 Å². The van der Waals surface area contributed by atoms with E-state index in [0.717, 1.165) is 28.9 Å². The lowest BCUT2D eigenvalue weighted by Crippen LogP contribution is -2.63. The smallest absolute Gasteiger partial charge is 0.244 e. The quantitative estimate of drug-likeness (QED) is 0.461. The second-order valence-corrected chi connectivity index (χ2v) is 10.8. The fourth-order valence-corrected chi connectivity index (χ4v) is 6.65. The van der Waals surface area contributed by atoms with E-state index < -0.39 is 23.4 Å². The molecule has 3 amide bonds. The van der Waals surface area contributed by atoms with Gasteiger partial charge in [0.15, 0.2) is 0 Å². The van der Waals surface area contributed by atoms with E-state index in [9.17, 15) is 14.4 Å². The molecule has 6 rings (SSSR count). The summed E-state index contributed by atoms with van der Waals surface area (Å²) in [4.78, 5) is 45.6. The van der Waals surface area contributed by atoms with Gasteiger partial charge >= 0.3 is 0 Å². The molecule has 0 aliphatic carbocycles. The number of methoxy groups -OCH3 is 2. The van der Waals surface area contributed by atoms with Crippen LogP contribution in [-0.2, 0) is 27.5 Å². The first-order chi connectivity index (χ1) is 19.4. The molecule has 3 fully saturated rings. The van der Waals surface area contributed by atoms with Crippen molar-refractivity contribution in [2.24, 2.45) is 11.8 Å². The fraction of sp³-hybridized carbons (Fsp3) is 0.344. The van der Waals surface area contributed by atoms with Crippen LogP contribution in [0.25, 0.3) is 0 Å². The Kier molecular flexibility index (Phi) is 6.80. The Morgan fingerprint density at radius 1 is 0.800 bits per heavy atom. The van der Waals surface area contributed by atoms with Crippen molar-refractivity contribution in [3.05, 3.63) is 95.6 Å². The summed E-state index contributed by atoms with van der Waals surface area (Å²) >= 11 is 0. The lowest BCUT2D eigenvalue weighted by atomic mass is 9.74. The number of nitrogens with zero attached hydrogens (tertiary/aromatic N) is 2. The van der Waals surface area contributed by atoms with Gasteiger partial charge < -0.3 is 14.4 Å². The third-order valence-corrected chi connectivity index (χ3v) is 8.60. The predicted octanol–water partition coefficient (Wildman–Crippen LogP) is 3.71. The van der Waals surface area contributed by atoms with Crippen molar-refractivity contribution < 1.29 is 23.9 Å². The molecule has 8 heteroatoms. The third-order valence-electron chi connectivity index (χ3n) is 8.60. The number of nitrogens with one attached hydrogen (secondary N) is 1. The number of benzene rings is 3. The molecule has 3 aromatic rings. The zero-order chi connectivity index (χ0) is 27.9. The van der Waals surface area contributed by atoms with E-state index in [1.165, 1.54) is 4.90 Å². The van der Waals surface area contributed by atoms with E-state index in [0.29, 0.717) is 25.3 Å². The maximum absolute atomic E-state index is 14.4. The molecule has 0 radical (unpaired) electrons.